The largest absolute Gasteiger partial charge is 0.476 e. The average Bonchev–Trinajstić information content (AvgIpc) is 3.33. The van der Waals surface area contributed by atoms with Crippen molar-refractivity contribution >= 4 is 23.2 Å². The van der Waals surface area contributed by atoms with Crippen molar-refractivity contribution < 1.29 is 14.7 Å². The summed E-state index contributed by atoms with van der Waals surface area (Å²) >= 11 is 1.41. The summed E-state index contributed by atoms with van der Waals surface area (Å²) in [5.74, 6) is 0.142. The van der Waals surface area contributed by atoms with E-state index in [1.807, 2.05) is 23.1 Å². The van der Waals surface area contributed by atoms with E-state index in [4.69, 9.17) is 5.11 Å². The third-order valence-corrected chi connectivity index (χ3v) is 6.21. The zero-order valence-corrected chi connectivity index (χ0v) is 15.2. The van der Waals surface area contributed by atoms with Crippen molar-refractivity contribution in [2.75, 3.05) is 13.1 Å². The Morgan fingerprint density at radius 2 is 2.08 bits per heavy atom. The van der Waals surface area contributed by atoms with E-state index >= 15 is 0 Å². The van der Waals surface area contributed by atoms with Crippen LogP contribution < -0.4 is 0 Å². The van der Waals surface area contributed by atoms with E-state index in [2.05, 4.69) is 9.97 Å². The number of carboxylic acid groups (broad SMARTS) is 1. The van der Waals surface area contributed by atoms with Gasteiger partial charge >= 0.3 is 5.97 Å². The quantitative estimate of drug-likeness (QED) is 0.874. The van der Waals surface area contributed by atoms with Crippen molar-refractivity contribution in [1.82, 2.24) is 14.9 Å². The molecule has 3 heterocycles. The Morgan fingerprint density at radius 3 is 2.73 bits per heavy atom. The number of carbonyl (C=O) groups is 2. The molecule has 1 saturated heterocycles. The fraction of sp³-hybridized carbons (Fsp3) is 0.474. The number of likely N-dealkylation sites (tertiary alicyclic amines) is 1. The molecule has 1 aliphatic heterocycles. The van der Waals surface area contributed by atoms with Crippen LogP contribution in [0.5, 0.6) is 0 Å². The van der Waals surface area contributed by atoms with Gasteiger partial charge in [-0.1, -0.05) is 6.07 Å². The predicted octanol–water partition coefficient (Wildman–Crippen LogP) is 2.82. The van der Waals surface area contributed by atoms with E-state index < -0.39 is 5.97 Å². The highest BCUT2D eigenvalue weighted by molar-refractivity contribution is 7.09. The van der Waals surface area contributed by atoms with Crippen LogP contribution in [0.25, 0.3) is 0 Å². The summed E-state index contributed by atoms with van der Waals surface area (Å²) in [6, 6.07) is 5.88. The highest BCUT2D eigenvalue weighted by Crippen LogP contribution is 2.48. The number of nitrogens with zero attached hydrogens (tertiary/aromatic N) is 3. The van der Waals surface area contributed by atoms with Gasteiger partial charge < -0.3 is 10.0 Å². The summed E-state index contributed by atoms with van der Waals surface area (Å²) in [7, 11) is 0. The predicted molar refractivity (Wildman–Crippen MR) is 97.2 cm³/mol. The molecule has 26 heavy (non-hydrogen) atoms. The van der Waals surface area contributed by atoms with Crippen LogP contribution in [0.15, 0.2) is 29.8 Å². The maximum atomic E-state index is 12.7. The number of piperidine rings is 1. The molecule has 2 aromatic heterocycles. The molecule has 7 heteroatoms. The smallest absolute Gasteiger partial charge is 0.355 e. The van der Waals surface area contributed by atoms with E-state index in [1.54, 1.807) is 11.6 Å². The van der Waals surface area contributed by atoms with Crippen LogP contribution in [-0.4, -0.2) is 44.9 Å². The third kappa shape index (κ3) is 3.62. The minimum atomic E-state index is -0.972. The topological polar surface area (TPSA) is 83.4 Å². The third-order valence-electron chi connectivity index (χ3n) is 5.34. The molecule has 2 fully saturated rings. The number of carbonyl (C=O) groups excluding carboxylic acids is 1. The first-order valence-corrected chi connectivity index (χ1v) is 9.87. The maximum Gasteiger partial charge on any atom is 0.355 e. The van der Waals surface area contributed by atoms with Gasteiger partial charge in [0.15, 0.2) is 5.69 Å². The molecule has 4 rings (SSSR count). The van der Waals surface area contributed by atoms with Gasteiger partial charge in [-0.25, -0.2) is 9.78 Å². The van der Waals surface area contributed by atoms with Crippen LogP contribution in [0.2, 0.25) is 0 Å². The lowest BCUT2D eigenvalue weighted by Crippen LogP contribution is -2.40. The van der Waals surface area contributed by atoms with Gasteiger partial charge in [0, 0.05) is 48.6 Å². The zero-order chi connectivity index (χ0) is 18.1. The number of aromatic nitrogens is 2. The Morgan fingerprint density at radius 1 is 1.27 bits per heavy atom. The molecule has 0 spiro atoms. The Hall–Kier alpha value is -2.28. The lowest BCUT2D eigenvalue weighted by Gasteiger charge is -2.32. The molecule has 1 saturated carbocycles. The molecule has 136 valence electrons. The molecule has 0 aromatic carbocycles. The second-order valence-electron chi connectivity index (χ2n) is 7.11. The SMILES string of the molecule is O=C(O)c1csc(CC2CCN(C(=O)[C@@H]3C[C@H]3c3ccccn3)CC2)n1. The van der Waals surface area contributed by atoms with E-state index in [0.29, 0.717) is 5.92 Å². The first-order chi connectivity index (χ1) is 12.6. The first-order valence-electron chi connectivity index (χ1n) is 8.99. The summed E-state index contributed by atoms with van der Waals surface area (Å²) in [5, 5.41) is 11.4. The van der Waals surface area contributed by atoms with Crippen LogP contribution >= 0.6 is 11.3 Å². The van der Waals surface area contributed by atoms with Crippen molar-refractivity contribution in [2.24, 2.45) is 11.8 Å². The van der Waals surface area contributed by atoms with Crippen LogP contribution in [0.1, 0.15) is 46.4 Å². The molecule has 1 amide bonds. The van der Waals surface area contributed by atoms with Crippen LogP contribution in [0.3, 0.4) is 0 Å². The Balaban J connectivity index is 1.27. The molecular formula is C19H21N3O3S. The number of amides is 1. The number of pyridine rings is 1. The molecular weight excluding hydrogens is 350 g/mol. The minimum absolute atomic E-state index is 0.0959. The Kier molecular flexibility index (Phi) is 4.72. The average molecular weight is 371 g/mol. The maximum absolute atomic E-state index is 12.7. The zero-order valence-electron chi connectivity index (χ0n) is 14.4. The fourth-order valence-electron chi connectivity index (χ4n) is 3.73. The van der Waals surface area contributed by atoms with Gasteiger partial charge in [-0.3, -0.25) is 9.78 Å². The van der Waals surface area contributed by atoms with Gasteiger partial charge in [-0.05, 0) is 37.3 Å². The summed E-state index contributed by atoms with van der Waals surface area (Å²) in [4.78, 5) is 34.2. The summed E-state index contributed by atoms with van der Waals surface area (Å²) < 4.78 is 0. The lowest BCUT2D eigenvalue weighted by molar-refractivity contribution is -0.134. The molecule has 1 aliphatic carbocycles. The molecule has 0 radical (unpaired) electrons. The minimum Gasteiger partial charge on any atom is -0.476 e. The molecule has 2 aliphatic rings. The van der Waals surface area contributed by atoms with E-state index in [-0.39, 0.29) is 23.4 Å². The number of hydrogen-bond acceptors (Lipinski definition) is 5. The number of thiazole rings is 1. The lowest BCUT2D eigenvalue weighted by atomic mass is 9.93. The Labute approximate surface area is 155 Å². The van der Waals surface area contributed by atoms with Crippen LogP contribution in [-0.2, 0) is 11.2 Å². The number of carboxylic acids is 1. The number of rotatable bonds is 5. The van der Waals surface area contributed by atoms with E-state index in [9.17, 15) is 9.59 Å². The normalized spacial score (nSPS) is 23.0. The fourth-order valence-corrected chi connectivity index (χ4v) is 4.62. The standard InChI is InChI=1S/C19H21N3O3S/c23-18(14-10-13(14)15-3-1-2-6-20-15)22-7-4-12(5-8-22)9-17-21-16(11-26-17)19(24)25/h1-3,6,11-14H,4-5,7-10H2,(H,24,25)/t13-,14-/m1/s1. The molecule has 1 N–H and O–H groups in total. The summed E-state index contributed by atoms with van der Waals surface area (Å²) in [5.41, 5.74) is 1.16. The Bertz CT molecular complexity index is 799. The van der Waals surface area contributed by atoms with Gasteiger partial charge in [0.05, 0.1) is 5.01 Å². The van der Waals surface area contributed by atoms with Crippen molar-refractivity contribution in [3.63, 3.8) is 0 Å². The van der Waals surface area contributed by atoms with Crippen molar-refractivity contribution in [1.29, 1.82) is 0 Å². The molecule has 6 nitrogen and oxygen atoms in total. The van der Waals surface area contributed by atoms with Crippen LogP contribution in [0.4, 0.5) is 0 Å². The second kappa shape index (κ2) is 7.15. The first kappa shape index (κ1) is 17.1. The van der Waals surface area contributed by atoms with Crippen LogP contribution in [0, 0.1) is 11.8 Å². The summed E-state index contributed by atoms with van der Waals surface area (Å²) in [6.07, 6.45) is 5.41. The van der Waals surface area contributed by atoms with Gasteiger partial charge in [0.1, 0.15) is 0 Å². The number of aromatic carboxylic acids is 1. The number of hydrogen-bond donors (Lipinski definition) is 1. The molecule has 2 aromatic rings. The van der Waals surface area contributed by atoms with Crippen molar-refractivity contribution in [3.8, 4) is 0 Å². The van der Waals surface area contributed by atoms with Crippen molar-refractivity contribution in [3.05, 3.63) is 46.2 Å². The second-order valence-corrected chi connectivity index (χ2v) is 8.05. The summed E-state index contributed by atoms with van der Waals surface area (Å²) in [6.45, 7) is 1.57. The van der Waals surface area contributed by atoms with Crippen molar-refractivity contribution in [2.45, 2.75) is 31.6 Å². The molecule has 0 unspecified atom stereocenters. The van der Waals surface area contributed by atoms with E-state index in [0.717, 1.165) is 49.5 Å². The molecule has 0 bridgehead atoms. The highest BCUT2D eigenvalue weighted by Gasteiger charge is 2.46. The van der Waals surface area contributed by atoms with Gasteiger partial charge in [-0.2, -0.15) is 0 Å². The van der Waals surface area contributed by atoms with E-state index in [1.165, 1.54) is 11.3 Å². The van der Waals surface area contributed by atoms with Gasteiger partial charge in [0.25, 0.3) is 0 Å². The monoisotopic (exact) mass is 371 g/mol. The molecule has 2 atom stereocenters. The van der Waals surface area contributed by atoms with Gasteiger partial charge in [0.2, 0.25) is 5.91 Å². The highest BCUT2D eigenvalue weighted by atomic mass is 32.1. The van der Waals surface area contributed by atoms with Gasteiger partial charge in [-0.15, -0.1) is 11.3 Å².